The summed E-state index contributed by atoms with van der Waals surface area (Å²) in [6.07, 6.45) is 2.26. The minimum atomic E-state index is -0.0108. The second kappa shape index (κ2) is 6.57. The lowest BCUT2D eigenvalue weighted by atomic mass is 10.1. The molecule has 1 amide bonds. The van der Waals surface area contributed by atoms with Crippen molar-refractivity contribution in [1.82, 2.24) is 9.55 Å². The molecule has 2 aromatic heterocycles. The first kappa shape index (κ1) is 16.6. The van der Waals surface area contributed by atoms with Gasteiger partial charge in [-0.25, -0.2) is 0 Å². The van der Waals surface area contributed by atoms with Crippen LogP contribution in [0.5, 0.6) is 0 Å². The van der Waals surface area contributed by atoms with Gasteiger partial charge in [0.1, 0.15) is 0 Å². The molecule has 2 N–H and O–H groups in total. The molecule has 3 aromatic carbocycles. The summed E-state index contributed by atoms with van der Waals surface area (Å²) in [6.45, 7) is 3.07. The molecule has 0 atom stereocenters. The molecule has 4 nitrogen and oxygen atoms in total. The van der Waals surface area contributed by atoms with E-state index < -0.39 is 0 Å². The average Bonchev–Trinajstić information content (AvgIpc) is 3.27. The van der Waals surface area contributed by atoms with E-state index in [-0.39, 0.29) is 5.91 Å². The van der Waals surface area contributed by atoms with Crippen LogP contribution in [0.15, 0.2) is 72.9 Å². The summed E-state index contributed by atoms with van der Waals surface area (Å²) in [4.78, 5) is 15.9. The van der Waals surface area contributed by atoms with Gasteiger partial charge < -0.3 is 14.9 Å². The number of nitrogens with one attached hydrogen (secondary N) is 2. The number of hydrogen-bond acceptors (Lipinski definition) is 1. The summed E-state index contributed by atoms with van der Waals surface area (Å²) < 4.78 is 2.31. The molecule has 0 saturated heterocycles. The number of aromatic nitrogens is 2. The number of rotatable bonds is 4. The van der Waals surface area contributed by atoms with E-state index in [2.05, 4.69) is 58.2 Å². The van der Waals surface area contributed by atoms with Crippen LogP contribution >= 0.6 is 0 Å². The summed E-state index contributed by atoms with van der Waals surface area (Å²) in [6, 6.07) is 22.6. The number of carbonyl (C=O) groups is 1. The highest BCUT2D eigenvalue weighted by Gasteiger charge is 2.12. The van der Waals surface area contributed by atoms with E-state index >= 15 is 0 Å². The van der Waals surface area contributed by atoms with Crippen LogP contribution in [0.25, 0.3) is 32.7 Å². The molecule has 138 valence electrons. The fraction of sp³-hybridized carbons (Fsp3) is 0.125. The topological polar surface area (TPSA) is 49.8 Å². The molecule has 0 aliphatic rings. The molecule has 0 radical (unpaired) electrons. The first-order valence-electron chi connectivity index (χ1n) is 9.60. The van der Waals surface area contributed by atoms with Crippen molar-refractivity contribution in [3.05, 3.63) is 78.5 Å². The number of nitrogens with zero attached hydrogens (tertiary/aromatic N) is 1. The fourth-order valence-corrected chi connectivity index (χ4v) is 4.13. The SMILES string of the molecule is CCn1c2ccccc2c2cc(NC(=O)Cc3c[nH]c4ccccc34)ccc21. The van der Waals surface area contributed by atoms with Crippen molar-refractivity contribution < 1.29 is 4.79 Å². The molecule has 0 saturated carbocycles. The lowest BCUT2D eigenvalue weighted by Gasteiger charge is -2.07. The molecule has 0 aliphatic carbocycles. The number of anilines is 1. The van der Waals surface area contributed by atoms with E-state index in [4.69, 9.17) is 0 Å². The Bertz CT molecular complexity index is 1330. The molecular weight excluding hydrogens is 346 g/mol. The highest BCUT2D eigenvalue weighted by molar-refractivity contribution is 6.10. The second-order valence-electron chi connectivity index (χ2n) is 7.08. The van der Waals surface area contributed by atoms with Crippen molar-refractivity contribution in [2.75, 3.05) is 5.32 Å². The number of fused-ring (bicyclic) bond motifs is 4. The van der Waals surface area contributed by atoms with Gasteiger partial charge in [-0.2, -0.15) is 0 Å². The molecule has 2 heterocycles. The minimum Gasteiger partial charge on any atom is -0.361 e. The average molecular weight is 367 g/mol. The van der Waals surface area contributed by atoms with E-state index in [0.717, 1.165) is 28.7 Å². The molecule has 0 fully saturated rings. The maximum Gasteiger partial charge on any atom is 0.228 e. The molecule has 0 bridgehead atoms. The Kier molecular flexibility index (Phi) is 3.90. The third-order valence-corrected chi connectivity index (χ3v) is 5.40. The summed E-state index contributed by atoms with van der Waals surface area (Å²) in [5.41, 5.74) is 5.31. The molecule has 0 unspecified atom stereocenters. The third kappa shape index (κ3) is 2.65. The van der Waals surface area contributed by atoms with Crippen LogP contribution in [-0.4, -0.2) is 15.5 Å². The summed E-state index contributed by atoms with van der Waals surface area (Å²) in [5.74, 6) is -0.0108. The normalized spacial score (nSPS) is 11.5. The summed E-state index contributed by atoms with van der Waals surface area (Å²) in [7, 11) is 0. The van der Waals surface area contributed by atoms with Gasteiger partial charge in [0.15, 0.2) is 0 Å². The van der Waals surface area contributed by atoms with Crippen LogP contribution in [0.2, 0.25) is 0 Å². The van der Waals surface area contributed by atoms with Crippen molar-refractivity contribution in [3.8, 4) is 0 Å². The zero-order valence-corrected chi connectivity index (χ0v) is 15.7. The van der Waals surface area contributed by atoms with E-state index in [1.165, 1.54) is 21.8 Å². The van der Waals surface area contributed by atoms with Crippen molar-refractivity contribution in [2.45, 2.75) is 19.9 Å². The lowest BCUT2D eigenvalue weighted by Crippen LogP contribution is -2.14. The first-order chi connectivity index (χ1) is 13.7. The Morgan fingerprint density at radius 2 is 1.68 bits per heavy atom. The zero-order valence-electron chi connectivity index (χ0n) is 15.7. The number of benzene rings is 3. The van der Waals surface area contributed by atoms with E-state index in [1.54, 1.807) is 0 Å². The van der Waals surface area contributed by atoms with Gasteiger partial charge in [-0.05, 0) is 42.8 Å². The standard InChI is InChI=1S/C24H21N3O/c1-2-27-22-10-6-4-8-19(22)20-14-17(11-12-23(20)27)26-24(28)13-16-15-25-21-9-5-3-7-18(16)21/h3-12,14-15,25H,2,13H2,1H3,(H,26,28). The second-order valence-corrected chi connectivity index (χ2v) is 7.08. The van der Waals surface area contributed by atoms with Crippen LogP contribution in [0, 0.1) is 0 Å². The molecular formula is C24H21N3O. The van der Waals surface area contributed by atoms with Crippen molar-refractivity contribution in [1.29, 1.82) is 0 Å². The molecule has 5 aromatic rings. The van der Waals surface area contributed by atoms with Crippen LogP contribution in [0.1, 0.15) is 12.5 Å². The number of aryl methyl sites for hydroxylation is 1. The minimum absolute atomic E-state index is 0.0108. The van der Waals surface area contributed by atoms with Crippen LogP contribution < -0.4 is 5.32 Å². The molecule has 5 rings (SSSR count). The Hall–Kier alpha value is -3.53. The predicted octanol–water partition coefficient (Wildman–Crippen LogP) is 5.48. The number of hydrogen-bond donors (Lipinski definition) is 2. The van der Waals surface area contributed by atoms with Gasteiger partial charge >= 0.3 is 0 Å². The zero-order chi connectivity index (χ0) is 19.1. The highest BCUT2D eigenvalue weighted by atomic mass is 16.1. The van der Waals surface area contributed by atoms with E-state index in [9.17, 15) is 4.79 Å². The Balaban J connectivity index is 1.46. The van der Waals surface area contributed by atoms with Gasteiger partial charge in [0, 0.05) is 51.1 Å². The predicted molar refractivity (Wildman–Crippen MR) is 116 cm³/mol. The monoisotopic (exact) mass is 367 g/mol. The number of amides is 1. The molecule has 0 aliphatic heterocycles. The van der Waals surface area contributed by atoms with Gasteiger partial charge in [0.2, 0.25) is 5.91 Å². The Morgan fingerprint density at radius 1 is 0.929 bits per heavy atom. The van der Waals surface area contributed by atoms with Gasteiger partial charge in [-0.15, -0.1) is 0 Å². The van der Waals surface area contributed by atoms with Crippen LogP contribution in [0.3, 0.4) is 0 Å². The van der Waals surface area contributed by atoms with Gasteiger partial charge in [-0.3, -0.25) is 4.79 Å². The largest absolute Gasteiger partial charge is 0.361 e. The quantitative estimate of drug-likeness (QED) is 0.434. The van der Waals surface area contributed by atoms with Crippen molar-refractivity contribution >= 4 is 44.3 Å². The van der Waals surface area contributed by atoms with E-state index in [1.807, 2.05) is 36.5 Å². The number of aromatic amines is 1. The first-order valence-corrected chi connectivity index (χ1v) is 9.60. The Labute approximate surface area is 162 Å². The third-order valence-electron chi connectivity index (χ3n) is 5.40. The van der Waals surface area contributed by atoms with E-state index in [0.29, 0.717) is 6.42 Å². The maximum absolute atomic E-state index is 12.7. The van der Waals surface area contributed by atoms with Crippen molar-refractivity contribution in [3.63, 3.8) is 0 Å². The lowest BCUT2D eigenvalue weighted by molar-refractivity contribution is -0.115. The number of para-hydroxylation sites is 2. The number of carbonyl (C=O) groups excluding carboxylic acids is 1. The molecule has 28 heavy (non-hydrogen) atoms. The highest BCUT2D eigenvalue weighted by Crippen LogP contribution is 2.31. The number of H-pyrrole nitrogens is 1. The van der Waals surface area contributed by atoms with Gasteiger partial charge in [-0.1, -0.05) is 36.4 Å². The fourth-order valence-electron chi connectivity index (χ4n) is 4.13. The molecule has 4 heteroatoms. The molecule has 0 spiro atoms. The maximum atomic E-state index is 12.7. The van der Waals surface area contributed by atoms with Crippen molar-refractivity contribution in [2.24, 2.45) is 0 Å². The smallest absolute Gasteiger partial charge is 0.228 e. The van der Waals surface area contributed by atoms with Crippen LogP contribution in [-0.2, 0) is 17.8 Å². The van der Waals surface area contributed by atoms with Gasteiger partial charge in [0.25, 0.3) is 0 Å². The van der Waals surface area contributed by atoms with Crippen LogP contribution in [0.4, 0.5) is 5.69 Å². The van der Waals surface area contributed by atoms with Gasteiger partial charge in [0.05, 0.1) is 6.42 Å². The summed E-state index contributed by atoms with van der Waals surface area (Å²) >= 11 is 0. The summed E-state index contributed by atoms with van der Waals surface area (Å²) in [5, 5.41) is 6.55. The Morgan fingerprint density at radius 3 is 2.54 bits per heavy atom.